The van der Waals surface area contributed by atoms with Crippen molar-refractivity contribution in [3.8, 4) is 0 Å². The van der Waals surface area contributed by atoms with Gasteiger partial charge < -0.3 is 10.6 Å². The summed E-state index contributed by atoms with van der Waals surface area (Å²) in [5.41, 5.74) is 0. The summed E-state index contributed by atoms with van der Waals surface area (Å²) in [6.45, 7) is 2.87. The SMILES string of the molecule is CCCNc1ncc(F)c(NCCCCC(F)(F)F)n1. The number of halogens is 4. The fraction of sp³-hybridized carbons (Fsp3) is 0.667. The lowest BCUT2D eigenvalue weighted by atomic mass is 10.2. The normalized spacial score (nSPS) is 11.4. The van der Waals surface area contributed by atoms with Crippen LogP contribution in [0.15, 0.2) is 6.20 Å². The van der Waals surface area contributed by atoms with E-state index in [-0.39, 0.29) is 18.8 Å². The summed E-state index contributed by atoms with van der Waals surface area (Å²) in [6.07, 6.45) is -2.77. The second-order valence-corrected chi connectivity index (χ2v) is 4.32. The number of hydrogen-bond donors (Lipinski definition) is 2. The van der Waals surface area contributed by atoms with E-state index < -0.39 is 18.4 Å². The second-order valence-electron chi connectivity index (χ2n) is 4.32. The molecule has 0 aliphatic heterocycles. The molecule has 0 unspecified atom stereocenters. The summed E-state index contributed by atoms with van der Waals surface area (Å²) in [5.74, 6) is -0.320. The topological polar surface area (TPSA) is 49.8 Å². The molecule has 8 heteroatoms. The minimum absolute atomic E-state index is 0.00411. The molecule has 0 saturated heterocycles. The number of anilines is 2. The largest absolute Gasteiger partial charge is 0.389 e. The van der Waals surface area contributed by atoms with Gasteiger partial charge in [0.2, 0.25) is 5.95 Å². The zero-order chi connectivity index (χ0) is 15.0. The molecular formula is C12H18F4N4. The van der Waals surface area contributed by atoms with Crippen molar-refractivity contribution in [2.45, 2.75) is 38.8 Å². The molecule has 20 heavy (non-hydrogen) atoms. The van der Waals surface area contributed by atoms with E-state index in [0.29, 0.717) is 18.9 Å². The van der Waals surface area contributed by atoms with Gasteiger partial charge in [-0.25, -0.2) is 9.37 Å². The van der Waals surface area contributed by atoms with Crippen LogP contribution in [0.25, 0.3) is 0 Å². The first-order valence-corrected chi connectivity index (χ1v) is 6.49. The third-order valence-corrected chi connectivity index (χ3v) is 2.46. The fourth-order valence-corrected chi connectivity index (χ4v) is 1.47. The first kappa shape index (κ1) is 16.5. The average Bonchev–Trinajstić information content (AvgIpc) is 2.37. The Morgan fingerprint density at radius 3 is 2.55 bits per heavy atom. The number of hydrogen-bond acceptors (Lipinski definition) is 4. The maximum atomic E-state index is 13.4. The van der Waals surface area contributed by atoms with Crippen molar-refractivity contribution < 1.29 is 17.6 Å². The highest BCUT2D eigenvalue weighted by atomic mass is 19.4. The molecule has 0 radical (unpaired) electrons. The lowest BCUT2D eigenvalue weighted by Crippen LogP contribution is -2.11. The molecule has 1 rings (SSSR count). The van der Waals surface area contributed by atoms with E-state index in [0.717, 1.165) is 12.6 Å². The molecule has 0 aromatic carbocycles. The van der Waals surface area contributed by atoms with Gasteiger partial charge in [0.25, 0.3) is 0 Å². The molecule has 1 aromatic heterocycles. The Hall–Kier alpha value is -1.60. The standard InChI is InChI=1S/C12H18F4N4/c1-2-6-18-11-19-8-9(13)10(20-11)17-7-4-3-5-12(14,15)16/h8H,2-7H2,1H3,(H2,17,18,19,20). The van der Waals surface area contributed by atoms with Crippen LogP contribution in [-0.4, -0.2) is 29.2 Å². The van der Waals surface area contributed by atoms with Crippen LogP contribution in [0.2, 0.25) is 0 Å². The third kappa shape index (κ3) is 6.53. The third-order valence-electron chi connectivity index (χ3n) is 2.46. The molecule has 4 nitrogen and oxygen atoms in total. The summed E-state index contributed by atoms with van der Waals surface area (Å²) < 4.78 is 49.2. The fourth-order valence-electron chi connectivity index (χ4n) is 1.47. The van der Waals surface area contributed by atoms with Crippen molar-refractivity contribution >= 4 is 11.8 Å². The Morgan fingerprint density at radius 1 is 1.15 bits per heavy atom. The van der Waals surface area contributed by atoms with E-state index in [2.05, 4.69) is 20.6 Å². The summed E-state index contributed by atoms with van der Waals surface area (Å²) in [4.78, 5) is 7.69. The van der Waals surface area contributed by atoms with Gasteiger partial charge in [-0.3, -0.25) is 0 Å². The van der Waals surface area contributed by atoms with Crippen molar-refractivity contribution in [1.82, 2.24) is 9.97 Å². The summed E-state index contributed by atoms with van der Waals surface area (Å²) >= 11 is 0. The van der Waals surface area contributed by atoms with Gasteiger partial charge in [-0.05, 0) is 19.3 Å². The quantitative estimate of drug-likeness (QED) is 0.568. The molecule has 0 amide bonds. The van der Waals surface area contributed by atoms with Crippen LogP contribution in [0.3, 0.4) is 0 Å². The smallest absolute Gasteiger partial charge is 0.367 e. The Morgan fingerprint density at radius 2 is 1.90 bits per heavy atom. The molecule has 0 bridgehead atoms. The Bertz CT molecular complexity index is 409. The molecule has 0 aliphatic carbocycles. The molecule has 0 fully saturated rings. The number of nitrogens with one attached hydrogen (secondary N) is 2. The van der Waals surface area contributed by atoms with Gasteiger partial charge in [0.05, 0.1) is 6.20 Å². The highest BCUT2D eigenvalue weighted by Gasteiger charge is 2.25. The average molecular weight is 294 g/mol. The van der Waals surface area contributed by atoms with Gasteiger partial charge in [0.15, 0.2) is 11.6 Å². The molecule has 2 N–H and O–H groups in total. The van der Waals surface area contributed by atoms with Crippen molar-refractivity contribution in [3.63, 3.8) is 0 Å². The molecule has 1 aromatic rings. The number of nitrogens with zero attached hydrogens (tertiary/aromatic N) is 2. The van der Waals surface area contributed by atoms with Crippen LogP contribution >= 0.6 is 0 Å². The lowest BCUT2D eigenvalue weighted by Gasteiger charge is -2.09. The first-order chi connectivity index (χ1) is 9.42. The highest BCUT2D eigenvalue weighted by Crippen LogP contribution is 2.22. The molecule has 0 spiro atoms. The van der Waals surface area contributed by atoms with Crippen LogP contribution < -0.4 is 10.6 Å². The van der Waals surface area contributed by atoms with Crippen molar-refractivity contribution in [3.05, 3.63) is 12.0 Å². The van der Waals surface area contributed by atoms with Gasteiger partial charge in [0, 0.05) is 19.5 Å². The number of rotatable bonds is 8. The van der Waals surface area contributed by atoms with Gasteiger partial charge in [-0.2, -0.15) is 18.2 Å². The van der Waals surface area contributed by atoms with Crippen LogP contribution in [0.4, 0.5) is 29.3 Å². The van der Waals surface area contributed by atoms with Crippen molar-refractivity contribution in [2.75, 3.05) is 23.7 Å². The number of alkyl halides is 3. The Balaban J connectivity index is 2.38. The summed E-state index contributed by atoms with van der Waals surface area (Å²) in [5, 5.41) is 5.59. The first-order valence-electron chi connectivity index (χ1n) is 6.49. The van der Waals surface area contributed by atoms with E-state index in [1.165, 1.54) is 0 Å². The molecular weight excluding hydrogens is 276 g/mol. The van der Waals surface area contributed by atoms with Gasteiger partial charge in [-0.1, -0.05) is 6.92 Å². The number of unbranched alkanes of at least 4 members (excludes halogenated alkanes) is 1. The van der Waals surface area contributed by atoms with Crippen LogP contribution in [-0.2, 0) is 0 Å². The van der Waals surface area contributed by atoms with E-state index in [1.807, 2.05) is 6.92 Å². The minimum Gasteiger partial charge on any atom is -0.367 e. The lowest BCUT2D eigenvalue weighted by molar-refractivity contribution is -0.135. The van der Waals surface area contributed by atoms with E-state index in [1.54, 1.807) is 0 Å². The monoisotopic (exact) mass is 294 g/mol. The van der Waals surface area contributed by atoms with E-state index >= 15 is 0 Å². The molecule has 114 valence electrons. The zero-order valence-corrected chi connectivity index (χ0v) is 11.2. The molecule has 1 heterocycles. The summed E-state index contributed by atoms with van der Waals surface area (Å²) in [7, 11) is 0. The Kier molecular flexibility index (Phi) is 6.47. The minimum atomic E-state index is -4.14. The van der Waals surface area contributed by atoms with Crippen LogP contribution in [0.5, 0.6) is 0 Å². The predicted molar refractivity (Wildman–Crippen MR) is 69.2 cm³/mol. The Labute approximate surface area is 115 Å². The van der Waals surface area contributed by atoms with Crippen molar-refractivity contribution in [1.29, 1.82) is 0 Å². The maximum absolute atomic E-state index is 13.4. The van der Waals surface area contributed by atoms with Crippen LogP contribution in [0, 0.1) is 5.82 Å². The van der Waals surface area contributed by atoms with Gasteiger partial charge in [-0.15, -0.1) is 0 Å². The van der Waals surface area contributed by atoms with Gasteiger partial charge in [0.1, 0.15) is 0 Å². The number of aromatic nitrogens is 2. The predicted octanol–water partition coefficient (Wildman–Crippen LogP) is 3.58. The molecule has 0 aliphatic rings. The summed E-state index contributed by atoms with van der Waals surface area (Å²) in [6, 6.07) is 0. The van der Waals surface area contributed by atoms with Crippen LogP contribution in [0.1, 0.15) is 32.6 Å². The molecule has 0 saturated carbocycles. The van der Waals surface area contributed by atoms with Crippen molar-refractivity contribution in [2.24, 2.45) is 0 Å². The zero-order valence-electron chi connectivity index (χ0n) is 11.2. The maximum Gasteiger partial charge on any atom is 0.389 e. The molecule has 0 atom stereocenters. The highest BCUT2D eigenvalue weighted by molar-refractivity contribution is 5.40. The van der Waals surface area contributed by atoms with E-state index in [9.17, 15) is 17.6 Å². The van der Waals surface area contributed by atoms with E-state index in [4.69, 9.17) is 0 Å². The second kappa shape index (κ2) is 7.86. The van der Waals surface area contributed by atoms with Gasteiger partial charge >= 0.3 is 6.18 Å².